The van der Waals surface area contributed by atoms with Crippen LogP contribution in [0.15, 0.2) is 53.5 Å². The fraction of sp³-hybridized carbons (Fsp3) is 0.409. The zero-order valence-corrected chi connectivity index (χ0v) is 19.3. The van der Waals surface area contributed by atoms with E-state index in [0.717, 1.165) is 49.9 Å². The minimum Gasteiger partial charge on any atom is -0.495 e. The normalized spacial score (nSPS) is 16.5. The zero-order chi connectivity index (χ0) is 19.1. The summed E-state index contributed by atoms with van der Waals surface area (Å²) in [6, 6.07) is 17.3. The lowest BCUT2D eigenvalue weighted by Crippen LogP contribution is -2.45. The van der Waals surface area contributed by atoms with Crippen LogP contribution in [-0.4, -0.2) is 45.8 Å². The van der Waals surface area contributed by atoms with E-state index in [0.29, 0.717) is 6.04 Å². The summed E-state index contributed by atoms with van der Waals surface area (Å²) in [4.78, 5) is 6.75. The van der Waals surface area contributed by atoms with Gasteiger partial charge < -0.3 is 20.3 Å². The molecule has 0 spiro atoms. The maximum Gasteiger partial charge on any atom is 0.191 e. The Hall–Kier alpha value is -1.96. The van der Waals surface area contributed by atoms with Crippen molar-refractivity contribution in [2.24, 2.45) is 4.99 Å². The molecule has 1 atom stereocenters. The number of para-hydroxylation sites is 2. The van der Waals surface area contributed by atoms with Crippen molar-refractivity contribution in [1.29, 1.82) is 0 Å². The molecule has 1 unspecified atom stereocenters. The largest absolute Gasteiger partial charge is 0.495 e. The Bertz CT molecular complexity index is 763. The number of anilines is 1. The van der Waals surface area contributed by atoms with Crippen LogP contribution in [0.25, 0.3) is 0 Å². The summed E-state index contributed by atoms with van der Waals surface area (Å²) in [5.74, 6) is 1.80. The molecule has 1 heterocycles. The SMILES string of the molecule is CN=C(NCCc1ccc(C)cc1)NC1CCN(c2ccccc2OC)C1.I. The van der Waals surface area contributed by atoms with Gasteiger partial charge in [-0.1, -0.05) is 42.0 Å². The van der Waals surface area contributed by atoms with Gasteiger partial charge in [-0.2, -0.15) is 0 Å². The summed E-state index contributed by atoms with van der Waals surface area (Å²) in [6.45, 7) is 4.94. The van der Waals surface area contributed by atoms with Crippen LogP contribution in [0.3, 0.4) is 0 Å². The van der Waals surface area contributed by atoms with Gasteiger partial charge in [-0.25, -0.2) is 0 Å². The summed E-state index contributed by atoms with van der Waals surface area (Å²) in [6.07, 6.45) is 2.07. The Morgan fingerprint density at radius 2 is 1.93 bits per heavy atom. The Kier molecular flexibility index (Phi) is 8.89. The molecule has 0 radical (unpaired) electrons. The number of benzene rings is 2. The second-order valence-corrected chi connectivity index (χ2v) is 6.98. The zero-order valence-electron chi connectivity index (χ0n) is 16.9. The van der Waals surface area contributed by atoms with Gasteiger partial charge in [0, 0.05) is 32.7 Å². The summed E-state index contributed by atoms with van der Waals surface area (Å²) in [5.41, 5.74) is 3.79. The number of ether oxygens (including phenoxy) is 1. The fourth-order valence-corrected chi connectivity index (χ4v) is 3.46. The standard InChI is InChI=1S/C22H30N4O.HI/c1-17-8-10-18(11-9-17)12-14-24-22(23-2)25-19-13-15-26(16-19)20-6-4-5-7-21(20)27-3;/h4-11,19H,12-16H2,1-3H3,(H2,23,24,25);1H. The van der Waals surface area contributed by atoms with Crippen molar-refractivity contribution in [3.63, 3.8) is 0 Å². The van der Waals surface area contributed by atoms with Crippen LogP contribution in [-0.2, 0) is 6.42 Å². The lowest BCUT2D eigenvalue weighted by molar-refractivity contribution is 0.415. The average Bonchev–Trinajstić information content (AvgIpc) is 3.17. The second kappa shape index (κ2) is 11.1. The van der Waals surface area contributed by atoms with Gasteiger partial charge >= 0.3 is 0 Å². The van der Waals surface area contributed by atoms with Gasteiger partial charge in [0.2, 0.25) is 0 Å². The molecule has 6 heteroatoms. The predicted molar refractivity (Wildman–Crippen MR) is 128 cm³/mol. The highest BCUT2D eigenvalue weighted by Gasteiger charge is 2.25. The molecule has 0 saturated carbocycles. The molecule has 0 aromatic heterocycles. The molecule has 0 aliphatic carbocycles. The van der Waals surface area contributed by atoms with Gasteiger partial charge in [0.1, 0.15) is 5.75 Å². The first-order valence-corrected chi connectivity index (χ1v) is 9.60. The number of aliphatic imine (C=N–C) groups is 1. The monoisotopic (exact) mass is 494 g/mol. The van der Waals surface area contributed by atoms with Crippen LogP contribution in [0.1, 0.15) is 17.5 Å². The third-order valence-corrected chi connectivity index (χ3v) is 5.01. The average molecular weight is 494 g/mol. The molecule has 1 aliphatic heterocycles. The topological polar surface area (TPSA) is 48.9 Å². The first kappa shape index (κ1) is 22.3. The Morgan fingerprint density at radius 1 is 1.18 bits per heavy atom. The molecule has 2 N–H and O–H groups in total. The third kappa shape index (κ3) is 6.02. The number of guanidine groups is 1. The quantitative estimate of drug-likeness (QED) is 0.366. The first-order valence-electron chi connectivity index (χ1n) is 9.60. The summed E-state index contributed by atoms with van der Waals surface area (Å²) in [7, 11) is 3.55. The van der Waals surface area contributed by atoms with Crippen LogP contribution in [0.5, 0.6) is 5.75 Å². The molecule has 1 saturated heterocycles. The Labute approximate surface area is 185 Å². The van der Waals surface area contributed by atoms with E-state index >= 15 is 0 Å². The van der Waals surface area contributed by atoms with E-state index < -0.39 is 0 Å². The molecule has 2 aromatic rings. The highest BCUT2D eigenvalue weighted by atomic mass is 127. The molecule has 1 aliphatic rings. The molecule has 5 nitrogen and oxygen atoms in total. The number of halogens is 1. The number of aryl methyl sites for hydroxylation is 1. The predicted octanol–water partition coefficient (Wildman–Crippen LogP) is 3.61. The maximum absolute atomic E-state index is 5.50. The van der Waals surface area contributed by atoms with E-state index in [1.54, 1.807) is 7.11 Å². The minimum atomic E-state index is 0. The number of methoxy groups -OCH3 is 1. The second-order valence-electron chi connectivity index (χ2n) is 6.98. The van der Waals surface area contributed by atoms with E-state index in [4.69, 9.17) is 4.74 Å². The highest BCUT2D eigenvalue weighted by Crippen LogP contribution is 2.30. The molecule has 152 valence electrons. The first-order chi connectivity index (χ1) is 13.2. The maximum atomic E-state index is 5.50. The molecule has 1 fully saturated rings. The van der Waals surface area contributed by atoms with E-state index in [1.807, 2.05) is 19.2 Å². The third-order valence-electron chi connectivity index (χ3n) is 5.01. The number of rotatable bonds is 6. The fourth-order valence-electron chi connectivity index (χ4n) is 3.46. The van der Waals surface area contributed by atoms with Crippen LogP contribution in [0.2, 0.25) is 0 Å². The lowest BCUT2D eigenvalue weighted by atomic mass is 10.1. The van der Waals surface area contributed by atoms with Crippen LogP contribution in [0.4, 0.5) is 5.69 Å². The van der Waals surface area contributed by atoms with Gasteiger partial charge in [0.25, 0.3) is 0 Å². The Balaban J connectivity index is 0.00000280. The van der Waals surface area contributed by atoms with Crippen molar-refractivity contribution in [2.75, 3.05) is 38.7 Å². The molecular formula is C22H31IN4O. The van der Waals surface area contributed by atoms with Crippen molar-refractivity contribution >= 4 is 35.6 Å². The lowest BCUT2D eigenvalue weighted by Gasteiger charge is -2.22. The van der Waals surface area contributed by atoms with E-state index in [9.17, 15) is 0 Å². The van der Waals surface area contributed by atoms with Crippen molar-refractivity contribution < 1.29 is 4.74 Å². The highest BCUT2D eigenvalue weighted by molar-refractivity contribution is 14.0. The van der Waals surface area contributed by atoms with E-state index in [-0.39, 0.29) is 24.0 Å². The molecule has 28 heavy (non-hydrogen) atoms. The molecule has 2 aromatic carbocycles. The van der Waals surface area contributed by atoms with Gasteiger partial charge in [-0.3, -0.25) is 4.99 Å². The molecule has 3 rings (SSSR count). The van der Waals surface area contributed by atoms with Crippen molar-refractivity contribution in [2.45, 2.75) is 25.8 Å². The summed E-state index contributed by atoms with van der Waals surface area (Å²) >= 11 is 0. The Morgan fingerprint density at radius 3 is 2.64 bits per heavy atom. The van der Waals surface area contributed by atoms with Gasteiger partial charge in [-0.05, 0) is 37.5 Å². The van der Waals surface area contributed by atoms with Crippen molar-refractivity contribution in [3.05, 3.63) is 59.7 Å². The minimum absolute atomic E-state index is 0. The summed E-state index contributed by atoms with van der Waals surface area (Å²) < 4.78 is 5.50. The van der Waals surface area contributed by atoms with Crippen molar-refractivity contribution in [3.8, 4) is 5.75 Å². The van der Waals surface area contributed by atoms with Crippen molar-refractivity contribution in [1.82, 2.24) is 10.6 Å². The number of hydrogen-bond donors (Lipinski definition) is 2. The molecule has 0 bridgehead atoms. The molecule has 0 amide bonds. The smallest absolute Gasteiger partial charge is 0.191 e. The number of nitrogens with one attached hydrogen (secondary N) is 2. The summed E-state index contributed by atoms with van der Waals surface area (Å²) in [5, 5.41) is 6.99. The molecular weight excluding hydrogens is 463 g/mol. The van der Waals surface area contributed by atoms with E-state index in [2.05, 4.69) is 63.8 Å². The van der Waals surface area contributed by atoms with Crippen LogP contribution < -0.4 is 20.3 Å². The van der Waals surface area contributed by atoms with E-state index in [1.165, 1.54) is 11.1 Å². The van der Waals surface area contributed by atoms with Crippen LogP contribution >= 0.6 is 24.0 Å². The van der Waals surface area contributed by atoms with Gasteiger partial charge in [0.15, 0.2) is 5.96 Å². The number of hydrogen-bond acceptors (Lipinski definition) is 3. The van der Waals surface area contributed by atoms with Crippen LogP contribution in [0, 0.1) is 6.92 Å². The number of nitrogens with zero attached hydrogens (tertiary/aromatic N) is 2. The van der Waals surface area contributed by atoms with Gasteiger partial charge in [0.05, 0.1) is 12.8 Å². The van der Waals surface area contributed by atoms with Gasteiger partial charge in [-0.15, -0.1) is 24.0 Å².